The number of hydrogen-bond donors (Lipinski definition) is 1. The molecule has 1 atom stereocenters. The fourth-order valence-corrected chi connectivity index (χ4v) is 3.08. The van der Waals surface area contributed by atoms with Gasteiger partial charge in [-0.2, -0.15) is 0 Å². The smallest absolute Gasteiger partial charge is 0.254 e. The number of nitrogens with zero attached hydrogens (tertiary/aromatic N) is 1. The maximum atomic E-state index is 12.8. The van der Waals surface area contributed by atoms with E-state index in [1.807, 2.05) is 54.6 Å². The molecule has 24 heavy (non-hydrogen) atoms. The summed E-state index contributed by atoms with van der Waals surface area (Å²) in [5, 5.41) is 2.91. The van der Waals surface area contributed by atoms with Gasteiger partial charge in [0.05, 0.1) is 0 Å². The standard InChI is InChI=1S/C20H22N2O2/c1-2-15-10-12-16(13-11-15)20(24)22-14-6-9-18(22)19(23)21-17-7-4-3-5-8-17/h3-5,7-8,10-13,18H,2,6,9,14H2,1H3,(H,21,23)/t18-/m1/s1. The number of anilines is 1. The Bertz CT molecular complexity index is 710. The Morgan fingerprint density at radius 2 is 1.79 bits per heavy atom. The second-order valence-corrected chi connectivity index (χ2v) is 6.06. The van der Waals surface area contributed by atoms with Gasteiger partial charge in [0.15, 0.2) is 0 Å². The molecule has 0 radical (unpaired) electrons. The van der Waals surface area contributed by atoms with Gasteiger partial charge in [-0.15, -0.1) is 0 Å². The van der Waals surface area contributed by atoms with Crippen molar-refractivity contribution in [2.45, 2.75) is 32.2 Å². The van der Waals surface area contributed by atoms with Crippen LogP contribution in [0, 0.1) is 0 Å². The number of benzene rings is 2. The van der Waals surface area contributed by atoms with E-state index in [0.29, 0.717) is 18.5 Å². The predicted octanol–water partition coefficient (Wildman–Crippen LogP) is 3.49. The third-order valence-corrected chi connectivity index (χ3v) is 4.47. The highest BCUT2D eigenvalue weighted by Gasteiger charge is 2.34. The van der Waals surface area contributed by atoms with Gasteiger partial charge in [0.2, 0.25) is 5.91 Å². The van der Waals surface area contributed by atoms with E-state index in [4.69, 9.17) is 0 Å². The van der Waals surface area contributed by atoms with Crippen LogP contribution in [0.25, 0.3) is 0 Å². The Labute approximate surface area is 142 Å². The van der Waals surface area contributed by atoms with Crippen LogP contribution in [0.3, 0.4) is 0 Å². The van der Waals surface area contributed by atoms with E-state index in [-0.39, 0.29) is 11.8 Å². The van der Waals surface area contributed by atoms with Crippen molar-refractivity contribution in [1.82, 2.24) is 4.90 Å². The van der Waals surface area contributed by atoms with E-state index in [9.17, 15) is 9.59 Å². The molecular weight excluding hydrogens is 300 g/mol. The minimum Gasteiger partial charge on any atom is -0.327 e. The molecule has 1 N–H and O–H groups in total. The molecule has 0 saturated carbocycles. The van der Waals surface area contributed by atoms with E-state index in [2.05, 4.69) is 12.2 Å². The zero-order valence-corrected chi connectivity index (χ0v) is 13.9. The first-order valence-electron chi connectivity index (χ1n) is 8.45. The monoisotopic (exact) mass is 322 g/mol. The molecule has 4 heteroatoms. The normalized spacial score (nSPS) is 16.9. The quantitative estimate of drug-likeness (QED) is 0.936. The zero-order chi connectivity index (χ0) is 16.9. The van der Waals surface area contributed by atoms with Crippen LogP contribution >= 0.6 is 0 Å². The van der Waals surface area contributed by atoms with Crippen molar-refractivity contribution in [1.29, 1.82) is 0 Å². The molecule has 2 aromatic rings. The van der Waals surface area contributed by atoms with E-state index in [0.717, 1.165) is 18.5 Å². The van der Waals surface area contributed by atoms with Crippen LogP contribution in [0.1, 0.15) is 35.7 Å². The summed E-state index contributed by atoms with van der Waals surface area (Å²) in [6.45, 7) is 2.71. The van der Waals surface area contributed by atoms with Crippen LogP contribution in [0.2, 0.25) is 0 Å². The second kappa shape index (κ2) is 7.30. The number of hydrogen-bond acceptors (Lipinski definition) is 2. The summed E-state index contributed by atoms with van der Waals surface area (Å²) in [7, 11) is 0. The van der Waals surface area contributed by atoms with Crippen LogP contribution in [0.5, 0.6) is 0 Å². The Morgan fingerprint density at radius 3 is 2.46 bits per heavy atom. The van der Waals surface area contributed by atoms with Crippen molar-refractivity contribution in [2.24, 2.45) is 0 Å². The van der Waals surface area contributed by atoms with Gasteiger partial charge >= 0.3 is 0 Å². The third kappa shape index (κ3) is 3.48. The molecule has 4 nitrogen and oxygen atoms in total. The van der Waals surface area contributed by atoms with Crippen molar-refractivity contribution in [2.75, 3.05) is 11.9 Å². The van der Waals surface area contributed by atoms with E-state index in [1.54, 1.807) is 4.90 Å². The summed E-state index contributed by atoms with van der Waals surface area (Å²) in [4.78, 5) is 27.0. The topological polar surface area (TPSA) is 49.4 Å². The van der Waals surface area contributed by atoms with Crippen molar-refractivity contribution in [3.05, 3.63) is 65.7 Å². The molecule has 1 aliphatic heterocycles. The summed E-state index contributed by atoms with van der Waals surface area (Å²) >= 11 is 0. The Hall–Kier alpha value is -2.62. The first-order valence-corrected chi connectivity index (χ1v) is 8.45. The molecule has 2 aromatic carbocycles. The summed E-state index contributed by atoms with van der Waals surface area (Å²) in [5.74, 6) is -0.180. The molecule has 1 fully saturated rings. The lowest BCUT2D eigenvalue weighted by Gasteiger charge is -2.24. The number of carbonyl (C=O) groups is 2. The first-order chi connectivity index (χ1) is 11.7. The number of aryl methyl sites for hydroxylation is 1. The van der Waals surface area contributed by atoms with Crippen molar-refractivity contribution < 1.29 is 9.59 Å². The highest BCUT2D eigenvalue weighted by atomic mass is 16.2. The molecule has 1 aliphatic rings. The lowest BCUT2D eigenvalue weighted by atomic mass is 10.1. The van der Waals surface area contributed by atoms with Gasteiger partial charge in [0.25, 0.3) is 5.91 Å². The minimum absolute atomic E-state index is 0.0663. The van der Waals surface area contributed by atoms with Gasteiger partial charge in [-0.3, -0.25) is 9.59 Å². The summed E-state index contributed by atoms with van der Waals surface area (Å²) in [5.41, 5.74) is 2.60. The molecule has 0 unspecified atom stereocenters. The highest BCUT2D eigenvalue weighted by Crippen LogP contribution is 2.22. The van der Waals surface area contributed by atoms with Crippen LogP contribution in [0.15, 0.2) is 54.6 Å². The fraction of sp³-hybridized carbons (Fsp3) is 0.300. The van der Waals surface area contributed by atoms with Crippen LogP contribution in [-0.2, 0) is 11.2 Å². The number of rotatable bonds is 4. The predicted molar refractivity (Wildman–Crippen MR) is 95.0 cm³/mol. The summed E-state index contributed by atoms with van der Waals surface area (Å²) < 4.78 is 0. The molecule has 3 rings (SSSR count). The van der Waals surface area contributed by atoms with Crippen molar-refractivity contribution in [3.63, 3.8) is 0 Å². The number of para-hydroxylation sites is 1. The Kier molecular flexibility index (Phi) is 4.94. The van der Waals surface area contributed by atoms with Crippen molar-refractivity contribution in [3.8, 4) is 0 Å². The van der Waals surface area contributed by atoms with Gasteiger partial charge in [-0.25, -0.2) is 0 Å². The average Bonchev–Trinajstić information content (AvgIpc) is 3.12. The summed E-state index contributed by atoms with van der Waals surface area (Å²) in [6, 6.07) is 16.6. The molecule has 2 amide bonds. The van der Waals surface area contributed by atoms with Gasteiger partial charge in [-0.1, -0.05) is 37.3 Å². The maximum absolute atomic E-state index is 12.8. The van der Waals surface area contributed by atoms with E-state index >= 15 is 0 Å². The maximum Gasteiger partial charge on any atom is 0.254 e. The Balaban J connectivity index is 1.72. The van der Waals surface area contributed by atoms with E-state index < -0.39 is 6.04 Å². The van der Waals surface area contributed by atoms with Crippen molar-refractivity contribution >= 4 is 17.5 Å². The lowest BCUT2D eigenvalue weighted by Crippen LogP contribution is -2.43. The molecule has 1 saturated heterocycles. The fourth-order valence-electron chi connectivity index (χ4n) is 3.08. The van der Waals surface area contributed by atoms with Gasteiger partial charge in [-0.05, 0) is 49.1 Å². The van der Waals surface area contributed by atoms with Crippen LogP contribution in [-0.4, -0.2) is 29.3 Å². The Morgan fingerprint density at radius 1 is 1.08 bits per heavy atom. The average molecular weight is 322 g/mol. The summed E-state index contributed by atoms with van der Waals surface area (Å²) in [6.07, 6.45) is 2.50. The molecule has 0 bridgehead atoms. The number of amides is 2. The second-order valence-electron chi connectivity index (χ2n) is 6.06. The van der Waals surface area contributed by atoms with Crippen LogP contribution in [0.4, 0.5) is 5.69 Å². The number of carbonyl (C=O) groups excluding carboxylic acids is 2. The van der Waals surface area contributed by atoms with Gasteiger partial charge in [0, 0.05) is 17.8 Å². The molecule has 0 spiro atoms. The third-order valence-electron chi connectivity index (χ3n) is 4.47. The van der Waals surface area contributed by atoms with E-state index in [1.165, 1.54) is 5.56 Å². The molecule has 0 aliphatic carbocycles. The largest absolute Gasteiger partial charge is 0.327 e. The SMILES string of the molecule is CCc1ccc(C(=O)N2CCC[C@@H]2C(=O)Nc2ccccc2)cc1. The first kappa shape index (κ1) is 16.2. The van der Waals surface area contributed by atoms with Gasteiger partial charge in [0.1, 0.15) is 6.04 Å². The number of likely N-dealkylation sites (tertiary alicyclic amines) is 1. The lowest BCUT2D eigenvalue weighted by molar-refractivity contribution is -0.119. The number of nitrogens with one attached hydrogen (secondary N) is 1. The molecule has 1 heterocycles. The van der Waals surface area contributed by atoms with Gasteiger partial charge < -0.3 is 10.2 Å². The molecule has 124 valence electrons. The van der Waals surface area contributed by atoms with Crippen LogP contribution < -0.4 is 5.32 Å². The minimum atomic E-state index is -0.399. The molecular formula is C20H22N2O2. The zero-order valence-electron chi connectivity index (χ0n) is 13.9. The highest BCUT2D eigenvalue weighted by molar-refractivity contribution is 6.01. The molecule has 0 aromatic heterocycles.